The highest BCUT2D eigenvalue weighted by Crippen LogP contribution is 2.36. The zero-order chi connectivity index (χ0) is 15.7. The van der Waals surface area contributed by atoms with Gasteiger partial charge in [0.25, 0.3) is 0 Å². The van der Waals surface area contributed by atoms with E-state index in [-0.39, 0.29) is 0 Å². The van der Waals surface area contributed by atoms with Crippen LogP contribution >= 0.6 is 27.7 Å². The number of benzene rings is 1. The molecule has 1 unspecified atom stereocenters. The standard InChI is InChI=1S/C18H23BrN2S/c1-4-18(20(2)3)21-16-9-10-22-12-14(16)11-17(21)13-5-7-15(19)8-6-13/h5-8,11,18H,4,9-10,12H2,1-3H3. The molecule has 2 nitrogen and oxygen atoms in total. The normalized spacial score (nSPS) is 15.9. The lowest BCUT2D eigenvalue weighted by Crippen LogP contribution is -2.27. The molecule has 3 rings (SSSR count). The summed E-state index contributed by atoms with van der Waals surface area (Å²) >= 11 is 5.59. The van der Waals surface area contributed by atoms with Crippen molar-refractivity contribution in [1.29, 1.82) is 0 Å². The van der Waals surface area contributed by atoms with Gasteiger partial charge in [0.1, 0.15) is 0 Å². The Morgan fingerprint density at radius 1 is 1.27 bits per heavy atom. The van der Waals surface area contributed by atoms with Gasteiger partial charge in [0, 0.05) is 21.6 Å². The van der Waals surface area contributed by atoms with Crippen molar-refractivity contribution in [3.8, 4) is 11.3 Å². The number of thioether (sulfide) groups is 1. The number of hydrogen-bond acceptors (Lipinski definition) is 2. The number of aromatic nitrogens is 1. The average molecular weight is 379 g/mol. The number of fused-ring (bicyclic) bond motifs is 1. The molecule has 118 valence electrons. The predicted octanol–water partition coefficient (Wildman–Crippen LogP) is 5.18. The largest absolute Gasteiger partial charge is 0.328 e. The average Bonchev–Trinajstić information content (AvgIpc) is 2.88. The molecule has 1 aromatic heterocycles. The fourth-order valence-corrected chi connectivity index (χ4v) is 4.55. The third-order valence-electron chi connectivity index (χ3n) is 4.37. The summed E-state index contributed by atoms with van der Waals surface area (Å²) in [4.78, 5) is 2.34. The van der Waals surface area contributed by atoms with Crippen LogP contribution in [0.25, 0.3) is 11.3 Å². The maximum absolute atomic E-state index is 3.54. The molecule has 1 atom stereocenters. The first-order valence-electron chi connectivity index (χ1n) is 7.85. The second kappa shape index (κ2) is 6.81. The summed E-state index contributed by atoms with van der Waals surface area (Å²) in [6.07, 6.45) is 2.72. The lowest BCUT2D eigenvalue weighted by atomic mass is 10.1. The van der Waals surface area contributed by atoms with Crippen LogP contribution in [-0.4, -0.2) is 29.3 Å². The van der Waals surface area contributed by atoms with Gasteiger partial charge >= 0.3 is 0 Å². The zero-order valence-corrected chi connectivity index (χ0v) is 15.9. The molecule has 2 heterocycles. The zero-order valence-electron chi connectivity index (χ0n) is 13.5. The van der Waals surface area contributed by atoms with Crippen LogP contribution in [0.2, 0.25) is 0 Å². The minimum atomic E-state index is 0.422. The van der Waals surface area contributed by atoms with Crippen molar-refractivity contribution >= 4 is 27.7 Å². The van der Waals surface area contributed by atoms with E-state index in [1.807, 2.05) is 0 Å². The number of hydrogen-bond donors (Lipinski definition) is 0. The highest BCUT2D eigenvalue weighted by molar-refractivity contribution is 9.10. The van der Waals surface area contributed by atoms with Crippen molar-refractivity contribution in [2.24, 2.45) is 0 Å². The van der Waals surface area contributed by atoms with E-state index >= 15 is 0 Å². The monoisotopic (exact) mass is 378 g/mol. The van der Waals surface area contributed by atoms with Gasteiger partial charge in [-0.05, 0) is 62.0 Å². The van der Waals surface area contributed by atoms with E-state index in [0.717, 1.165) is 16.6 Å². The molecule has 0 amide bonds. The summed E-state index contributed by atoms with van der Waals surface area (Å²) < 4.78 is 3.72. The van der Waals surface area contributed by atoms with Gasteiger partial charge in [-0.2, -0.15) is 11.8 Å². The van der Waals surface area contributed by atoms with Crippen LogP contribution in [0.4, 0.5) is 0 Å². The molecule has 0 bridgehead atoms. The highest BCUT2D eigenvalue weighted by Gasteiger charge is 2.24. The number of rotatable bonds is 4. The Hall–Kier alpha value is -0.710. The summed E-state index contributed by atoms with van der Waals surface area (Å²) in [5.74, 6) is 2.39. The Balaban J connectivity index is 2.16. The molecular weight excluding hydrogens is 356 g/mol. The fourth-order valence-electron chi connectivity index (χ4n) is 3.34. The molecule has 4 heteroatoms. The molecule has 0 N–H and O–H groups in total. The van der Waals surface area contributed by atoms with Crippen molar-refractivity contribution in [3.63, 3.8) is 0 Å². The summed E-state index contributed by atoms with van der Waals surface area (Å²) in [5, 5.41) is 0. The van der Waals surface area contributed by atoms with Crippen molar-refractivity contribution in [1.82, 2.24) is 9.47 Å². The minimum Gasteiger partial charge on any atom is -0.328 e. The van der Waals surface area contributed by atoms with Crippen LogP contribution in [0.15, 0.2) is 34.8 Å². The van der Waals surface area contributed by atoms with Gasteiger partial charge in [0.15, 0.2) is 0 Å². The van der Waals surface area contributed by atoms with Gasteiger partial charge in [0.2, 0.25) is 0 Å². The fraction of sp³-hybridized carbons (Fsp3) is 0.444. The molecule has 0 saturated heterocycles. The Morgan fingerprint density at radius 3 is 2.64 bits per heavy atom. The lowest BCUT2D eigenvalue weighted by Gasteiger charge is -2.30. The molecule has 0 radical (unpaired) electrons. The van der Waals surface area contributed by atoms with Gasteiger partial charge in [-0.1, -0.05) is 35.0 Å². The minimum absolute atomic E-state index is 0.422. The Kier molecular flexibility index (Phi) is 5.00. The van der Waals surface area contributed by atoms with Gasteiger partial charge < -0.3 is 4.57 Å². The number of nitrogens with zero attached hydrogens (tertiary/aromatic N) is 2. The van der Waals surface area contributed by atoms with E-state index in [4.69, 9.17) is 0 Å². The molecule has 2 aromatic rings. The molecule has 22 heavy (non-hydrogen) atoms. The molecule has 1 aliphatic rings. The molecular formula is C18H23BrN2S. The van der Waals surface area contributed by atoms with Crippen LogP contribution in [0.5, 0.6) is 0 Å². The Labute approximate surface area is 146 Å². The maximum atomic E-state index is 3.54. The summed E-state index contributed by atoms with van der Waals surface area (Å²) in [6, 6.07) is 11.1. The maximum Gasteiger partial charge on any atom is 0.0859 e. The number of halogens is 1. The molecule has 0 spiro atoms. The topological polar surface area (TPSA) is 8.17 Å². The van der Waals surface area contributed by atoms with Crippen LogP contribution in [0, 0.1) is 0 Å². The van der Waals surface area contributed by atoms with Gasteiger partial charge in [0.05, 0.1) is 6.17 Å². The molecule has 0 aliphatic carbocycles. The molecule has 1 aromatic carbocycles. The quantitative estimate of drug-likeness (QED) is 0.724. The van der Waals surface area contributed by atoms with Gasteiger partial charge in [-0.15, -0.1) is 0 Å². The third kappa shape index (κ3) is 3.01. The van der Waals surface area contributed by atoms with Gasteiger partial charge in [-0.3, -0.25) is 4.90 Å². The first kappa shape index (κ1) is 16.2. The second-order valence-electron chi connectivity index (χ2n) is 6.03. The van der Waals surface area contributed by atoms with Crippen molar-refractivity contribution in [2.75, 3.05) is 19.8 Å². The van der Waals surface area contributed by atoms with Crippen molar-refractivity contribution in [3.05, 3.63) is 46.1 Å². The first-order chi connectivity index (χ1) is 10.6. The smallest absolute Gasteiger partial charge is 0.0859 e. The van der Waals surface area contributed by atoms with Crippen LogP contribution in [-0.2, 0) is 12.2 Å². The lowest BCUT2D eigenvalue weighted by molar-refractivity contribution is 0.209. The first-order valence-corrected chi connectivity index (χ1v) is 9.79. The molecule has 0 fully saturated rings. The second-order valence-corrected chi connectivity index (χ2v) is 8.05. The van der Waals surface area contributed by atoms with E-state index in [0.29, 0.717) is 6.17 Å². The third-order valence-corrected chi connectivity index (χ3v) is 5.91. The van der Waals surface area contributed by atoms with Crippen molar-refractivity contribution in [2.45, 2.75) is 31.7 Å². The van der Waals surface area contributed by atoms with Crippen LogP contribution in [0.3, 0.4) is 0 Å². The van der Waals surface area contributed by atoms with E-state index in [2.05, 4.69) is 88.5 Å². The molecule has 1 aliphatic heterocycles. The Bertz CT molecular complexity index is 646. The summed E-state index contributed by atoms with van der Waals surface area (Å²) in [7, 11) is 4.37. The SMILES string of the molecule is CCC(N(C)C)n1c(-c2ccc(Br)cc2)cc2c1CCSC2. The van der Waals surface area contributed by atoms with Crippen LogP contribution < -0.4 is 0 Å². The van der Waals surface area contributed by atoms with Crippen molar-refractivity contribution < 1.29 is 0 Å². The van der Waals surface area contributed by atoms with E-state index in [1.54, 1.807) is 0 Å². The summed E-state index contributed by atoms with van der Waals surface area (Å²) in [5.41, 5.74) is 5.73. The Morgan fingerprint density at radius 2 is 2.00 bits per heavy atom. The van der Waals surface area contributed by atoms with Crippen LogP contribution in [0.1, 0.15) is 30.8 Å². The van der Waals surface area contributed by atoms with E-state index in [1.165, 1.54) is 34.7 Å². The molecule has 0 saturated carbocycles. The predicted molar refractivity (Wildman–Crippen MR) is 100 cm³/mol. The van der Waals surface area contributed by atoms with Gasteiger partial charge in [-0.25, -0.2) is 0 Å². The van der Waals surface area contributed by atoms with E-state index in [9.17, 15) is 0 Å². The summed E-state index contributed by atoms with van der Waals surface area (Å²) in [6.45, 7) is 2.28. The highest BCUT2D eigenvalue weighted by atomic mass is 79.9. The van der Waals surface area contributed by atoms with E-state index < -0.39 is 0 Å².